The van der Waals surface area contributed by atoms with Crippen LogP contribution in [-0.4, -0.2) is 24.3 Å². The third kappa shape index (κ3) is 4.56. The maximum absolute atomic E-state index is 10.9. The van der Waals surface area contributed by atoms with Crippen LogP contribution < -0.4 is 0 Å². The molecule has 0 aliphatic rings. The van der Waals surface area contributed by atoms with Crippen molar-refractivity contribution in [2.75, 3.05) is 13.2 Å². The molecule has 1 N–H and O–H groups in total. The van der Waals surface area contributed by atoms with Gasteiger partial charge in [-0.15, -0.1) is 0 Å². The molecule has 0 amide bonds. The highest BCUT2D eigenvalue weighted by atomic mass is 16.5. The summed E-state index contributed by atoms with van der Waals surface area (Å²) in [5, 5.41) is 8.43. The van der Waals surface area contributed by atoms with Crippen LogP contribution in [-0.2, 0) is 9.53 Å². The van der Waals surface area contributed by atoms with E-state index in [1.54, 1.807) is 6.92 Å². The van der Waals surface area contributed by atoms with E-state index in [-0.39, 0.29) is 12.6 Å². The van der Waals surface area contributed by atoms with Crippen molar-refractivity contribution in [3.05, 3.63) is 11.6 Å². The Kier molecular flexibility index (Phi) is 5.47. The minimum Gasteiger partial charge on any atom is -0.462 e. The number of carbonyl (C=O) groups excluding carboxylic acids is 1. The average molecular weight is 158 g/mol. The van der Waals surface area contributed by atoms with E-state index in [9.17, 15) is 4.79 Å². The summed E-state index contributed by atoms with van der Waals surface area (Å²) in [5.74, 6) is -0.346. The zero-order valence-electron chi connectivity index (χ0n) is 6.96. The van der Waals surface area contributed by atoms with E-state index in [4.69, 9.17) is 9.84 Å². The fourth-order valence-electron chi connectivity index (χ4n) is 0.529. The summed E-state index contributed by atoms with van der Waals surface area (Å²) in [6, 6.07) is 0. The standard InChI is InChI=1S/C8H14O3/c1-3-6-11-8(10)7(2)4-5-9/h4,9H,3,5-6H2,1-2H3. The second kappa shape index (κ2) is 5.92. The van der Waals surface area contributed by atoms with Gasteiger partial charge < -0.3 is 9.84 Å². The van der Waals surface area contributed by atoms with Gasteiger partial charge in [0.1, 0.15) is 0 Å². The summed E-state index contributed by atoms with van der Waals surface area (Å²) in [6.45, 7) is 3.87. The first-order valence-corrected chi connectivity index (χ1v) is 3.67. The molecule has 3 nitrogen and oxygen atoms in total. The molecule has 0 radical (unpaired) electrons. The predicted octanol–water partition coefficient (Wildman–Crippen LogP) is 0.878. The first kappa shape index (κ1) is 10.2. The van der Waals surface area contributed by atoms with Crippen molar-refractivity contribution in [2.24, 2.45) is 0 Å². The van der Waals surface area contributed by atoms with Gasteiger partial charge in [0, 0.05) is 5.57 Å². The Hall–Kier alpha value is -0.830. The van der Waals surface area contributed by atoms with Gasteiger partial charge in [-0.05, 0) is 19.4 Å². The molecule has 0 atom stereocenters. The molecule has 0 rings (SSSR count). The number of aliphatic hydroxyl groups is 1. The third-order valence-electron chi connectivity index (χ3n) is 1.16. The van der Waals surface area contributed by atoms with Gasteiger partial charge >= 0.3 is 5.97 Å². The van der Waals surface area contributed by atoms with Gasteiger partial charge in [-0.25, -0.2) is 4.79 Å². The smallest absolute Gasteiger partial charge is 0.333 e. The molecule has 0 unspecified atom stereocenters. The summed E-state index contributed by atoms with van der Waals surface area (Å²) in [7, 11) is 0. The van der Waals surface area contributed by atoms with Crippen LogP contribution in [0.4, 0.5) is 0 Å². The second-order valence-corrected chi connectivity index (χ2v) is 2.21. The number of rotatable bonds is 4. The summed E-state index contributed by atoms with van der Waals surface area (Å²) in [6.07, 6.45) is 2.25. The molecule has 0 spiro atoms. The molecule has 3 heteroatoms. The maximum Gasteiger partial charge on any atom is 0.333 e. The van der Waals surface area contributed by atoms with Crippen molar-refractivity contribution in [3.63, 3.8) is 0 Å². The molecule has 64 valence electrons. The lowest BCUT2D eigenvalue weighted by atomic mass is 10.3. The summed E-state index contributed by atoms with van der Waals surface area (Å²) < 4.78 is 4.79. The molecule has 0 heterocycles. The van der Waals surface area contributed by atoms with Crippen LogP contribution in [0.2, 0.25) is 0 Å². The molecule has 0 aromatic rings. The Bertz CT molecular complexity index is 149. The van der Waals surface area contributed by atoms with Gasteiger partial charge in [-0.1, -0.05) is 6.92 Å². The van der Waals surface area contributed by atoms with Crippen LogP contribution in [0.15, 0.2) is 11.6 Å². The lowest BCUT2D eigenvalue weighted by Crippen LogP contribution is -2.06. The molecule has 0 aliphatic carbocycles. The maximum atomic E-state index is 10.9. The van der Waals surface area contributed by atoms with Crippen LogP contribution in [0.25, 0.3) is 0 Å². The van der Waals surface area contributed by atoms with Crippen LogP contribution >= 0.6 is 0 Å². The van der Waals surface area contributed by atoms with E-state index in [1.165, 1.54) is 6.08 Å². The quantitative estimate of drug-likeness (QED) is 0.488. The van der Waals surface area contributed by atoms with Crippen molar-refractivity contribution in [1.29, 1.82) is 0 Å². The van der Waals surface area contributed by atoms with E-state index < -0.39 is 0 Å². The highest BCUT2D eigenvalue weighted by Crippen LogP contribution is 1.96. The van der Waals surface area contributed by atoms with Crippen LogP contribution in [0.5, 0.6) is 0 Å². The third-order valence-corrected chi connectivity index (χ3v) is 1.16. The molecular weight excluding hydrogens is 144 g/mol. The number of hydrogen-bond acceptors (Lipinski definition) is 3. The Morgan fingerprint density at radius 1 is 1.64 bits per heavy atom. The van der Waals surface area contributed by atoms with Crippen molar-refractivity contribution in [2.45, 2.75) is 20.3 Å². The van der Waals surface area contributed by atoms with Gasteiger partial charge in [0.15, 0.2) is 0 Å². The lowest BCUT2D eigenvalue weighted by Gasteiger charge is -2.01. The van der Waals surface area contributed by atoms with Crippen LogP contribution in [0.3, 0.4) is 0 Å². The highest BCUT2D eigenvalue weighted by Gasteiger charge is 2.02. The van der Waals surface area contributed by atoms with Crippen LogP contribution in [0.1, 0.15) is 20.3 Å². The van der Waals surface area contributed by atoms with Gasteiger partial charge in [0.05, 0.1) is 13.2 Å². The van der Waals surface area contributed by atoms with Crippen molar-refractivity contribution in [3.8, 4) is 0 Å². The molecule has 0 fully saturated rings. The van der Waals surface area contributed by atoms with Crippen molar-refractivity contribution < 1.29 is 14.6 Å². The number of aliphatic hydroxyl groups excluding tert-OH is 1. The predicted molar refractivity (Wildman–Crippen MR) is 42.1 cm³/mol. The van der Waals surface area contributed by atoms with Gasteiger partial charge in [0.2, 0.25) is 0 Å². The summed E-state index contributed by atoms with van der Waals surface area (Å²) in [4.78, 5) is 10.9. The SMILES string of the molecule is CCCOC(=O)C(C)=CCO. The Morgan fingerprint density at radius 3 is 2.73 bits per heavy atom. The Balaban J connectivity index is 3.73. The van der Waals surface area contributed by atoms with Crippen LogP contribution in [0, 0.1) is 0 Å². The molecule has 0 bridgehead atoms. The number of ether oxygens (including phenoxy) is 1. The average Bonchev–Trinajstić information content (AvgIpc) is 2.00. The summed E-state index contributed by atoms with van der Waals surface area (Å²) >= 11 is 0. The minimum absolute atomic E-state index is 0.118. The number of carbonyl (C=O) groups is 1. The van der Waals surface area contributed by atoms with Crippen molar-refractivity contribution in [1.82, 2.24) is 0 Å². The van der Waals surface area contributed by atoms with Gasteiger partial charge in [-0.3, -0.25) is 0 Å². The Labute approximate surface area is 66.7 Å². The zero-order valence-corrected chi connectivity index (χ0v) is 6.96. The summed E-state index contributed by atoms with van der Waals surface area (Å²) in [5.41, 5.74) is 0.459. The first-order valence-electron chi connectivity index (χ1n) is 3.67. The number of esters is 1. The fourth-order valence-corrected chi connectivity index (χ4v) is 0.529. The van der Waals surface area contributed by atoms with Gasteiger partial charge in [-0.2, -0.15) is 0 Å². The minimum atomic E-state index is -0.346. The van der Waals surface area contributed by atoms with Crippen molar-refractivity contribution >= 4 is 5.97 Å². The highest BCUT2D eigenvalue weighted by molar-refractivity contribution is 5.87. The van der Waals surface area contributed by atoms with E-state index >= 15 is 0 Å². The van der Waals surface area contributed by atoms with E-state index in [1.807, 2.05) is 6.92 Å². The second-order valence-electron chi connectivity index (χ2n) is 2.21. The molecule has 0 aromatic heterocycles. The molecule has 0 aliphatic heterocycles. The molecule has 0 aromatic carbocycles. The van der Waals surface area contributed by atoms with E-state index in [0.717, 1.165) is 6.42 Å². The zero-order chi connectivity index (χ0) is 8.69. The van der Waals surface area contributed by atoms with E-state index in [2.05, 4.69) is 0 Å². The lowest BCUT2D eigenvalue weighted by molar-refractivity contribution is -0.139. The normalized spacial score (nSPS) is 11.4. The topological polar surface area (TPSA) is 46.5 Å². The molecule has 0 saturated carbocycles. The van der Waals surface area contributed by atoms with E-state index in [0.29, 0.717) is 12.2 Å². The Morgan fingerprint density at radius 2 is 2.27 bits per heavy atom. The first-order chi connectivity index (χ1) is 5.22. The molecule has 11 heavy (non-hydrogen) atoms. The monoisotopic (exact) mass is 158 g/mol. The number of hydrogen-bond donors (Lipinski definition) is 1. The largest absolute Gasteiger partial charge is 0.462 e. The molecule has 0 saturated heterocycles. The fraction of sp³-hybridized carbons (Fsp3) is 0.625. The van der Waals surface area contributed by atoms with Gasteiger partial charge in [0.25, 0.3) is 0 Å². The molecular formula is C8H14O3.